The van der Waals surface area contributed by atoms with Crippen LogP contribution in [0.1, 0.15) is 31.7 Å². The standard InChI is InChI=1S/C14H21NO2/c1-11-5-3-4-8-15(11)10-12-6-7-13(16)14(9-12)17-2/h6-7,9,11,16H,3-5,8,10H2,1-2H3. The molecule has 0 saturated carbocycles. The van der Waals surface area contributed by atoms with E-state index in [0.29, 0.717) is 11.8 Å². The fourth-order valence-electron chi connectivity index (χ4n) is 2.45. The van der Waals surface area contributed by atoms with Crippen molar-refractivity contribution in [1.29, 1.82) is 0 Å². The number of rotatable bonds is 3. The molecule has 1 aromatic rings. The Hall–Kier alpha value is -1.22. The van der Waals surface area contributed by atoms with Gasteiger partial charge in [0.15, 0.2) is 11.5 Å². The lowest BCUT2D eigenvalue weighted by Crippen LogP contribution is -2.36. The number of piperidine rings is 1. The molecule has 1 atom stereocenters. The molecule has 1 aromatic carbocycles. The molecular weight excluding hydrogens is 214 g/mol. The molecule has 1 aliphatic heterocycles. The summed E-state index contributed by atoms with van der Waals surface area (Å²) in [5.74, 6) is 0.773. The zero-order chi connectivity index (χ0) is 12.3. The van der Waals surface area contributed by atoms with Gasteiger partial charge in [0.1, 0.15) is 0 Å². The summed E-state index contributed by atoms with van der Waals surface area (Å²) in [4.78, 5) is 2.50. The van der Waals surface area contributed by atoms with Crippen LogP contribution in [-0.4, -0.2) is 29.7 Å². The second-order valence-corrected chi connectivity index (χ2v) is 4.82. The van der Waals surface area contributed by atoms with Gasteiger partial charge < -0.3 is 9.84 Å². The van der Waals surface area contributed by atoms with Gasteiger partial charge in [0.25, 0.3) is 0 Å². The Morgan fingerprint density at radius 1 is 1.41 bits per heavy atom. The van der Waals surface area contributed by atoms with Crippen LogP contribution in [0.25, 0.3) is 0 Å². The lowest BCUT2D eigenvalue weighted by molar-refractivity contribution is 0.152. The van der Waals surface area contributed by atoms with Crippen LogP contribution in [0.2, 0.25) is 0 Å². The van der Waals surface area contributed by atoms with Crippen molar-refractivity contribution in [2.45, 2.75) is 38.8 Å². The third-order valence-corrected chi connectivity index (χ3v) is 3.57. The quantitative estimate of drug-likeness (QED) is 0.874. The highest BCUT2D eigenvalue weighted by Gasteiger charge is 2.18. The van der Waals surface area contributed by atoms with Gasteiger partial charge in [-0.3, -0.25) is 4.90 Å². The van der Waals surface area contributed by atoms with Crippen molar-refractivity contribution in [3.05, 3.63) is 23.8 Å². The van der Waals surface area contributed by atoms with E-state index in [1.165, 1.54) is 31.4 Å². The number of ether oxygens (including phenoxy) is 1. The fourth-order valence-corrected chi connectivity index (χ4v) is 2.45. The molecule has 94 valence electrons. The number of phenols is 1. The Morgan fingerprint density at radius 2 is 2.24 bits per heavy atom. The predicted octanol–water partition coefficient (Wildman–Crippen LogP) is 2.78. The summed E-state index contributed by atoms with van der Waals surface area (Å²) in [6.45, 7) is 4.40. The number of methoxy groups -OCH3 is 1. The van der Waals surface area contributed by atoms with E-state index in [0.717, 1.165) is 6.54 Å². The number of hydrogen-bond acceptors (Lipinski definition) is 3. The summed E-state index contributed by atoms with van der Waals surface area (Å²) in [6.07, 6.45) is 3.92. The number of benzene rings is 1. The molecule has 1 unspecified atom stereocenters. The molecule has 1 aliphatic rings. The minimum atomic E-state index is 0.211. The van der Waals surface area contributed by atoms with E-state index < -0.39 is 0 Å². The van der Waals surface area contributed by atoms with Gasteiger partial charge >= 0.3 is 0 Å². The van der Waals surface area contributed by atoms with Crippen LogP contribution in [0.4, 0.5) is 0 Å². The van der Waals surface area contributed by atoms with Gasteiger partial charge in [0.05, 0.1) is 7.11 Å². The first-order chi connectivity index (χ1) is 8.20. The van der Waals surface area contributed by atoms with Crippen molar-refractivity contribution in [3.8, 4) is 11.5 Å². The number of likely N-dealkylation sites (tertiary alicyclic amines) is 1. The first kappa shape index (κ1) is 12.2. The fraction of sp³-hybridized carbons (Fsp3) is 0.571. The SMILES string of the molecule is COc1cc(CN2CCCCC2C)ccc1O. The first-order valence-electron chi connectivity index (χ1n) is 6.30. The van der Waals surface area contributed by atoms with Crippen molar-refractivity contribution >= 4 is 0 Å². The largest absolute Gasteiger partial charge is 0.504 e. The Bertz CT molecular complexity index is 378. The van der Waals surface area contributed by atoms with Crippen LogP contribution in [-0.2, 0) is 6.54 Å². The third-order valence-electron chi connectivity index (χ3n) is 3.57. The molecule has 1 fully saturated rings. The lowest BCUT2D eigenvalue weighted by Gasteiger charge is -2.33. The highest BCUT2D eigenvalue weighted by atomic mass is 16.5. The summed E-state index contributed by atoms with van der Waals surface area (Å²) in [7, 11) is 1.59. The summed E-state index contributed by atoms with van der Waals surface area (Å²) in [5.41, 5.74) is 1.20. The lowest BCUT2D eigenvalue weighted by atomic mass is 10.0. The molecule has 0 bridgehead atoms. The first-order valence-corrected chi connectivity index (χ1v) is 6.30. The molecule has 3 heteroatoms. The van der Waals surface area contributed by atoms with E-state index >= 15 is 0 Å². The molecule has 0 aromatic heterocycles. The molecule has 17 heavy (non-hydrogen) atoms. The maximum Gasteiger partial charge on any atom is 0.160 e. The van der Waals surface area contributed by atoms with Crippen LogP contribution in [0.15, 0.2) is 18.2 Å². The van der Waals surface area contributed by atoms with Crippen LogP contribution in [0.3, 0.4) is 0 Å². The second-order valence-electron chi connectivity index (χ2n) is 4.82. The molecule has 0 amide bonds. The number of hydrogen-bond donors (Lipinski definition) is 1. The van der Waals surface area contributed by atoms with Gasteiger partial charge in [-0.25, -0.2) is 0 Å². The maximum atomic E-state index is 9.55. The Labute approximate surface area is 103 Å². The van der Waals surface area contributed by atoms with Crippen LogP contribution in [0.5, 0.6) is 11.5 Å². The molecule has 0 radical (unpaired) electrons. The summed E-state index contributed by atoms with van der Waals surface area (Å²) < 4.78 is 5.13. The van der Waals surface area contributed by atoms with Crippen molar-refractivity contribution in [1.82, 2.24) is 4.90 Å². The zero-order valence-corrected chi connectivity index (χ0v) is 10.6. The van der Waals surface area contributed by atoms with Gasteiger partial charge in [-0.2, -0.15) is 0 Å². The van der Waals surface area contributed by atoms with E-state index in [2.05, 4.69) is 11.8 Å². The topological polar surface area (TPSA) is 32.7 Å². The van der Waals surface area contributed by atoms with E-state index in [1.54, 1.807) is 13.2 Å². The van der Waals surface area contributed by atoms with Crippen molar-refractivity contribution in [2.75, 3.05) is 13.7 Å². The summed E-state index contributed by atoms with van der Waals surface area (Å²) >= 11 is 0. The minimum Gasteiger partial charge on any atom is -0.504 e. The second kappa shape index (κ2) is 5.41. The molecule has 1 saturated heterocycles. The van der Waals surface area contributed by atoms with E-state index in [-0.39, 0.29) is 5.75 Å². The minimum absolute atomic E-state index is 0.211. The van der Waals surface area contributed by atoms with E-state index in [4.69, 9.17) is 4.74 Å². The number of aromatic hydroxyl groups is 1. The smallest absolute Gasteiger partial charge is 0.160 e. The predicted molar refractivity (Wildman–Crippen MR) is 68.4 cm³/mol. The van der Waals surface area contributed by atoms with Crippen molar-refractivity contribution in [3.63, 3.8) is 0 Å². The molecule has 2 rings (SSSR count). The van der Waals surface area contributed by atoms with Gasteiger partial charge in [-0.1, -0.05) is 12.5 Å². The monoisotopic (exact) mass is 235 g/mol. The molecule has 1 N–H and O–H groups in total. The Balaban J connectivity index is 2.07. The average Bonchev–Trinajstić information content (AvgIpc) is 2.34. The Morgan fingerprint density at radius 3 is 2.94 bits per heavy atom. The maximum absolute atomic E-state index is 9.55. The van der Waals surface area contributed by atoms with Crippen LogP contribution < -0.4 is 4.74 Å². The van der Waals surface area contributed by atoms with Crippen molar-refractivity contribution in [2.24, 2.45) is 0 Å². The number of phenolic OH excluding ortho intramolecular Hbond substituents is 1. The summed E-state index contributed by atoms with van der Waals surface area (Å²) in [5, 5.41) is 9.55. The van der Waals surface area contributed by atoms with Gasteiger partial charge in [0.2, 0.25) is 0 Å². The van der Waals surface area contributed by atoms with Crippen LogP contribution in [0, 0.1) is 0 Å². The van der Waals surface area contributed by atoms with Crippen LogP contribution >= 0.6 is 0 Å². The third kappa shape index (κ3) is 2.91. The Kier molecular flexibility index (Phi) is 3.89. The number of nitrogens with zero attached hydrogens (tertiary/aromatic N) is 1. The summed E-state index contributed by atoms with van der Waals surface area (Å²) in [6, 6.07) is 6.27. The molecular formula is C14H21NO2. The van der Waals surface area contributed by atoms with Crippen molar-refractivity contribution < 1.29 is 9.84 Å². The molecule has 0 spiro atoms. The normalized spacial score (nSPS) is 21.4. The van der Waals surface area contributed by atoms with Gasteiger partial charge in [0, 0.05) is 12.6 Å². The highest BCUT2D eigenvalue weighted by Crippen LogP contribution is 2.28. The van der Waals surface area contributed by atoms with E-state index in [9.17, 15) is 5.11 Å². The average molecular weight is 235 g/mol. The molecule has 0 aliphatic carbocycles. The van der Waals surface area contributed by atoms with Gasteiger partial charge in [-0.15, -0.1) is 0 Å². The highest BCUT2D eigenvalue weighted by molar-refractivity contribution is 5.41. The molecule has 3 nitrogen and oxygen atoms in total. The molecule has 1 heterocycles. The zero-order valence-electron chi connectivity index (χ0n) is 10.6. The van der Waals surface area contributed by atoms with E-state index in [1.807, 2.05) is 12.1 Å². The van der Waals surface area contributed by atoms with Gasteiger partial charge in [-0.05, 0) is 44.0 Å².